The summed E-state index contributed by atoms with van der Waals surface area (Å²) in [7, 11) is -3.55. The Morgan fingerprint density at radius 3 is 2.14 bits per heavy atom. The molecule has 0 radical (unpaired) electrons. The van der Waals surface area contributed by atoms with Gasteiger partial charge in [0, 0.05) is 12.0 Å². The van der Waals surface area contributed by atoms with Crippen molar-refractivity contribution in [1.29, 1.82) is 0 Å². The third-order valence-electron chi connectivity index (χ3n) is 5.34. The molecule has 4 rings (SSSR count). The Labute approximate surface area is 164 Å². The van der Waals surface area contributed by atoms with Crippen molar-refractivity contribution < 1.29 is 8.42 Å². The quantitative estimate of drug-likeness (QED) is 0.662. The first-order valence-corrected chi connectivity index (χ1v) is 10.9. The SMILES string of the molecule is Cc1ccc(S(=O)(=O)c2ccc(Cn3cnc(C4CCC4)cc3=O)cc2)cc1. The molecule has 1 aliphatic rings. The van der Waals surface area contributed by atoms with Gasteiger partial charge in [0.1, 0.15) is 0 Å². The van der Waals surface area contributed by atoms with Crippen LogP contribution in [0.1, 0.15) is 42.0 Å². The van der Waals surface area contributed by atoms with Crippen LogP contribution in [0.3, 0.4) is 0 Å². The van der Waals surface area contributed by atoms with E-state index in [-0.39, 0.29) is 15.4 Å². The van der Waals surface area contributed by atoms with E-state index in [2.05, 4.69) is 4.98 Å². The maximum absolute atomic E-state index is 12.7. The molecule has 28 heavy (non-hydrogen) atoms. The monoisotopic (exact) mass is 394 g/mol. The maximum Gasteiger partial charge on any atom is 0.253 e. The molecule has 0 saturated heterocycles. The number of hydrogen-bond donors (Lipinski definition) is 0. The third kappa shape index (κ3) is 3.64. The Morgan fingerprint density at radius 1 is 1.00 bits per heavy atom. The fourth-order valence-corrected chi connectivity index (χ4v) is 4.57. The molecule has 0 bridgehead atoms. The van der Waals surface area contributed by atoms with Gasteiger partial charge in [0.05, 0.1) is 28.4 Å². The first-order valence-electron chi connectivity index (χ1n) is 9.40. The van der Waals surface area contributed by atoms with Crippen LogP contribution in [0.15, 0.2) is 75.5 Å². The van der Waals surface area contributed by atoms with Gasteiger partial charge in [-0.2, -0.15) is 0 Å². The molecule has 6 heteroatoms. The number of aryl methyl sites for hydroxylation is 1. The zero-order chi connectivity index (χ0) is 19.7. The zero-order valence-electron chi connectivity index (χ0n) is 15.7. The standard InChI is InChI=1S/C22H22N2O3S/c1-16-5-9-19(10-6-16)28(26,27)20-11-7-17(8-12-20)14-24-15-23-21(13-22(24)25)18-3-2-4-18/h5-13,15,18H,2-4,14H2,1H3. The molecule has 1 aromatic heterocycles. The number of hydrogen-bond acceptors (Lipinski definition) is 4. The van der Waals surface area contributed by atoms with E-state index in [0.717, 1.165) is 29.7 Å². The molecular formula is C22H22N2O3S. The maximum atomic E-state index is 12.7. The Bertz CT molecular complexity index is 1140. The highest BCUT2D eigenvalue weighted by Gasteiger charge is 2.21. The summed E-state index contributed by atoms with van der Waals surface area (Å²) in [6, 6.07) is 15.1. The van der Waals surface area contributed by atoms with Crippen molar-refractivity contribution in [3.05, 3.63) is 88.1 Å². The van der Waals surface area contributed by atoms with E-state index in [1.54, 1.807) is 65.5 Å². The van der Waals surface area contributed by atoms with Crippen LogP contribution in [0.4, 0.5) is 0 Å². The van der Waals surface area contributed by atoms with Gasteiger partial charge in [-0.05, 0) is 49.6 Å². The van der Waals surface area contributed by atoms with Crippen LogP contribution < -0.4 is 5.56 Å². The van der Waals surface area contributed by atoms with Crippen LogP contribution in [-0.2, 0) is 16.4 Å². The van der Waals surface area contributed by atoms with Crippen molar-refractivity contribution in [3.63, 3.8) is 0 Å². The van der Waals surface area contributed by atoms with E-state index in [0.29, 0.717) is 12.5 Å². The highest BCUT2D eigenvalue weighted by molar-refractivity contribution is 7.91. The molecule has 2 aromatic carbocycles. The van der Waals surface area contributed by atoms with E-state index in [1.807, 2.05) is 6.92 Å². The molecule has 1 heterocycles. The summed E-state index contributed by atoms with van der Waals surface area (Å²) < 4.78 is 27.0. The van der Waals surface area contributed by atoms with Crippen molar-refractivity contribution in [2.75, 3.05) is 0 Å². The predicted octanol–water partition coefficient (Wildman–Crippen LogP) is 3.70. The van der Waals surface area contributed by atoms with Gasteiger partial charge in [-0.1, -0.05) is 36.2 Å². The van der Waals surface area contributed by atoms with Gasteiger partial charge in [-0.15, -0.1) is 0 Å². The largest absolute Gasteiger partial charge is 0.295 e. The zero-order valence-corrected chi connectivity index (χ0v) is 16.5. The van der Waals surface area contributed by atoms with Gasteiger partial charge in [-0.25, -0.2) is 13.4 Å². The number of rotatable bonds is 5. The average molecular weight is 394 g/mol. The van der Waals surface area contributed by atoms with Crippen molar-refractivity contribution in [2.24, 2.45) is 0 Å². The molecule has 5 nitrogen and oxygen atoms in total. The fourth-order valence-electron chi connectivity index (χ4n) is 3.31. The van der Waals surface area contributed by atoms with E-state index in [4.69, 9.17) is 0 Å². The van der Waals surface area contributed by atoms with Crippen molar-refractivity contribution in [2.45, 2.75) is 48.4 Å². The number of sulfone groups is 1. The van der Waals surface area contributed by atoms with E-state index >= 15 is 0 Å². The van der Waals surface area contributed by atoms with Gasteiger partial charge < -0.3 is 0 Å². The molecule has 0 aliphatic heterocycles. The molecule has 1 fully saturated rings. The lowest BCUT2D eigenvalue weighted by atomic mass is 9.83. The minimum Gasteiger partial charge on any atom is -0.295 e. The van der Waals surface area contributed by atoms with Crippen molar-refractivity contribution >= 4 is 9.84 Å². The minimum atomic E-state index is -3.55. The normalized spacial score (nSPS) is 14.6. The summed E-state index contributed by atoms with van der Waals surface area (Å²) in [5.41, 5.74) is 2.67. The van der Waals surface area contributed by atoms with Gasteiger partial charge in [0.2, 0.25) is 9.84 Å². The number of nitrogens with zero attached hydrogens (tertiary/aromatic N) is 2. The molecule has 1 saturated carbocycles. The minimum absolute atomic E-state index is 0.0757. The average Bonchev–Trinajstić information content (AvgIpc) is 2.63. The Morgan fingerprint density at radius 2 is 1.61 bits per heavy atom. The summed E-state index contributed by atoms with van der Waals surface area (Å²) in [6.45, 7) is 2.28. The molecule has 144 valence electrons. The summed E-state index contributed by atoms with van der Waals surface area (Å²) >= 11 is 0. The second-order valence-corrected chi connectivity index (χ2v) is 9.32. The van der Waals surface area contributed by atoms with Gasteiger partial charge >= 0.3 is 0 Å². The number of benzene rings is 2. The summed E-state index contributed by atoms with van der Waals surface area (Å²) in [6.07, 6.45) is 5.00. The summed E-state index contributed by atoms with van der Waals surface area (Å²) in [5, 5.41) is 0. The van der Waals surface area contributed by atoms with Crippen LogP contribution in [0.2, 0.25) is 0 Å². The highest BCUT2D eigenvalue weighted by Crippen LogP contribution is 2.34. The predicted molar refractivity (Wildman–Crippen MR) is 107 cm³/mol. The Hall–Kier alpha value is -2.73. The molecule has 0 spiro atoms. The Balaban J connectivity index is 1.53. The van der Waals surface area contributed by atoms with Crippen molar-refractivity contribution in [1.82, 2.24) is 9.55 Å². The van der Waals surface area contributed by atoms with Crippen LogP contribution in [0.25, 0.3) is 0 Å². The second-order valence-electron chi connectivity index (χ2n) is 7.37. The van der Waals surface area contributed by atoms with Gasteiger partial charge in [0.25, 0.3) is 5.56 Å². The summed E-state index contributed by atoms with van der Waals surface area (Å²) in [5.74, 6) is 0.425. The number of aromatic nitrogens is 2. The summed E-state index contributed by atoms with van der Waals surface area (Å²) in [4.78, 5) is 17.3. The molecule has 0 unspecified atom stereocenters. The third-order valence-corrected chi connectivity index (χ3v) is 7.13. The van der Waals surface area contributed by atoms with E-state index in [1.165, 1.54) is 6.42 Å². The van der Waals surface area contributed by atoms with Gasteiger partial charge in [-0.3, -0.25) is 9.36 Å². The van der Waals surface area contributed by atoms with Crippen LogP contribution in [0, 0.1) is 6.92 Å². The smallest absolute Gasteiger partial charge is 0.253 e. The first-order chi connectivity index (χ1) is 13.4. The highest BCUT2D eigenvalue weighted by atomic mass is 32.2. The lowest BCUT2D eigenvalue weighted by molar-refractivity contribution is 0.409. The lowest BCUT2D eigenvalue weighted by Crippen LogP contribution is -2.23. The van der Waals surface area contributed by atoms with Crippen LogP contribution in [0.5, 0.6) is 0 Å². The second kappa shape index (κ2) is 7.36. The molecule has 3 aromatic rings. The Kier molecular flexibility index (Phi) is 4.89. The lowest BCUT2D eigenvalue weighted by Gasteiger charge is -2.24. The van der Waals surface area contributed by atoms with Crippen LogP contribution in [-0.4, -0.2) is 18.0 Å². The molecule has 0 N–H and O–H groups in total. The van der Waals surface area contributed by atoms with E-state index < -0.39 is 9.84 Å². The molecular weight excluding hydrogens is 372 g/mol. The van der Waals surface area contributed by atoms with Crippen molar-refractivity contribution in [3.8, 4) is 0 Å². The van der Waals surface area contributed by atoms with Gasteiger partial charge in [0.15, 0.2) is 0 Å². The fraction of sp³-hybridized carbons (Fsp3) is 0.273. The first kappa shape index (κ1) is 18.6. The molecule has 1 aliphatic carbocycles. The topological polar surface area (TPSA) is 69.0 Å². The molecule has 0 atom stereocenters. The molecule has 0 amide bonds. The van der Waals surface area contributed by atoms with Crippen LogP contribution >= 0.6 is 0 Å². The van der Waals surface area contributed by atoms with E-state index in [9.17, 15) is 13.2 Å².